The van der Waals surface area contributed by atoms with Crippen molar-refractivity contribution in [2.45, 2.75) is 37.7 Å². The molecule has 1 amide bonds. The third kappa shape index (κ3) is 3.67. The highest BCUT2D eigenvalue weighted by Gasteiger charge is 2.33. The molecule has 0 radical (unpaired) electrons. The number of hydrogen-bond donors (Lipinski definition) is 0. The van der Waals surface area contributed by atoms with Crippen LogP contribution in [0, 0.1) is 6.92 Å². The van der Waals surface area contributed by atoms with Crippen LogP contribution in [-0.4, -0.2) is 23.0 Å². The first-order valence-electron chi connectivity index (χ1n) is 7.85. The molecule has 2 aromatic carbocycles. The summed E-state index contributed by atoms with van der Waals surface area (Å²) in [6.07, 6.45) is 0.380. The van der Waals surface area contributed by atoms with Gasteiger partial charge in [-0.15, -0.1) is 0 Å². The van der Waals surface area contributed by atoms with Gasteiger partial charge in [0.25, 0.3) is 0 Å². The van der Waals surface area contributed by atoms with E-state index in [1.54, 1.807) is 13.1 Å². The minimum atomic E-state index is -0.428. The average molecular weight is 343 g/mol. The predicted octanol–water partition coefficient (Wildman–Crippen LogP) is 4.85. The number of para-hydroxylation sites is 1. The maximum atomic E-state index is 12.4. The Balaban J connectivity index is 1.71. The lowest BCUT2D eigenvalue weighted by atomic mass is 10.0. The monoisotopic (exact) mass is 343 g/mol. The van der Waals surface area contributed by atoms with Crippen molar-refractivity contribution in [2.24, 2.45) is 0 Å². The van der Waals surface area contributed by atoms with Crippen molar-refractivity contribution in [3.63, 3.8) is 0 Å². The Kier molecular flexibility index (Phi) is 4.45. The van der Waals surface area contributed by atoms with Crippen molar-refractivity contribution < 1.29 is 14.3 Å². The topological polar surface area (TPSA) is 38.8 Å². The lowest BCUT2D eigenvalue weighted by molar-refractivity contribution is 0.132. The van der Waals surface area contributed by atoms with Gasteiger partial charge in [0.05, 0.1) is 0 Å². The standard InChI is InChI=1S/C19H21NO3S/c1-13-7-5-9-15(11-13)24-20(4)18(21)22-16-10-6-8-14-12-19(2,3)23-17(14)16/h5-11H,12H2,1-4H3. The molecule has 2 aromatic rings. The van der Waals surface area contributed by atoms with Crippen LogP contribution in [0.5, 0.6) is 11.5 Å². The molecule has 0 aromatic heterocycles. The fraction of sp³-hybridized carbons (Fsp3) is 0.316. The summed E-state index contributed by atoms with van der Waals surface area (Å²) in [5.41, 5.74) is 1.95. The van der Waals surface area contributed by atoms with E-state index in [1.165, 1.54) is 16.3 Å². The minimum absolute atomic E-state index is 0.271. The smallest absolute Gasteiger partial charge is 0.425 e. The van der Waals surface area contributed by atoms with Gasteiger partial charge in [0, 0.05) is 23.9 Å². The van der Waals surface area contributed by atoms with Gasteiger partial charge in [-0.2, -0.15) is 0 Å². The molecule has 0 aliphatic carbocycles. The van der Waals surface area contributed by atoms with Crippen LogP contribution in [0.2, 0.25) is 0 Å². The molecule has 0 saturated heterocycles. The van der Waals surface area contributed by atoms with Crippen LogP contribution < -0.4 is 9.47 Å². The van der Waals surface area contributed by atoms with Crippen molar-refractivity contribution in [3.05, 3.63) is 53.6 Å². The molecule has 3 rings (SSSR count). The van der Waals surface area contributed by atoms with E-state index < -0.39 is 6.09 Å². The average Bonchev–Trinajstić information content (AvgIpc) is 2.82. The summed E-state index contributed by atoms with van der Waals surface area (Å²) in [7, 11) is 1.70. The number of hydrogen-bond acceptors (Lipinski definition) is 4. The minimum Gasteiger partial charge on any atom is -0.483 e. The lowest BCUT2D eigenvalue weighted by Gasteiger charge is -2.19. The molecule has 1 aliphatic heterocycles. The van der Waals surface area contributed by atoms with Crippen molar-refractivity contribution in [1.29, 1.82) is 0 Å². The molecule has 1 heterocycles. The van der Waals surface area contributed by atoms with Crippen LogP contribution in [0.4, 0.5) is 4.79 Å². The van der Waals surface area contributed by atoms with Crippen LogP contribution in [0.15, 0.2) is 47.4 Å². The lowest BCUT2D eigenvalue weighted by Crippen LogP contribution is -2.25. The Bertz CT molecular complexity index is 773. The molecule has 0 atom stereocenters. The molecule has 5 heteroatoms. The number of fused-ring (bicyclic) bond motifs is 1. The Morgan fingerprint density at radius 3 is 2.75 bits per heavy atom. The van der Waals surface area contributed by atoms with Crippen LogP contribution in [0.1, 0.15) is 25.0 Å². The molecule has 4 nitrogen and oxygen atoms in total. The van der Waals surface area contributed by atoms with E-state index in [0.717, 1.165) is 22.4 Å². The van der Waals surface area contributed by atoms with Crippen LogP contribution in [-0.2, 0) is 6.42 Å². The number of ether oxygens (including phenoxy) is 2. The molecule has 24 heavy (non-hydrogen) atoms. The number of carbonyl (C=O) groups excluding carboxylic acids is 1. The Morgan fingerprint density at radius 2 is 2.00 bits per heavy atom. The third-order valence-corrected chi connectivity index (χ3v) is 4.63. The number of amides is 1. The van der Waals surface area contributed by atoms with Crippen molar-refractivity contribution in [3.8, 4) is 11.5 Å². The van der Waals surface area contributed by atoms with E-state index in [0.29, 0.717) is 11.5 Å². The molecule has 0 spiro atoms. The summed E-state index contributed by atoms with van der Waals surface area (Å²) in [4.78, 5) is 13.4. The molecular weight excluding hydrogens is 322 g/mol. The van der Waals surface area contributed by atoms with Gasteiger partial charge >= 0.3 is 6.09 Å². The van der Waals surface area contributed by atoms with E-state index in [9.17, 15) is 4.79 Å². The zero-order valence-electron chi connectivity index (χ0n) is 14.3. The number of rotatable bonds is 3. The second-order valence-electron chi connectivity index (χ2n) is 6.56. The van der Waals surface area contributed by atoms with Crippen LogP contribution in [0.25, 0.3) is 0 Å². The third-order valence-electron chi connectivity index (χ3n) is 3.74. The fourth-order valence-electron chi connectivity index (χ4n) is 2.69. The first-order chi connectivity index (χ1) is 11.3. The quantitative estimate of drug-likeness (QED) is 0.747. The first kappa shape index (κ1) is 16.7. The summed E-state index contributed by atoms with van der Waals surface area (Å²) in [6.45, 7) is 6.07. The van der Waals surface area contributed by atoms with Gasteiger partial charge in [0.15, 0.2) is 11.5 Å². The van der Waals surface area contributed by atoms with E-state index in [-0.39, 0.29) is 5.60 Å². The van der Waals surface area contributed by atoms with Crippen molar-refractivity contribution in [1.82, 2.24) is 4.31 Å². The van der Waals surface area contributed by atoms with Gasteiger partial charge in [0.1, 0.15) is 5.60 Å². The molecule has 0 fully saturated rings. The molecule has 0 N–H and O–H groups in total. The molecule has 0 bridgehead atoms. The summed E-state index contributed by atoms with van der Waals surface area (Å²) in [6, 6.07) is 13.6. The zero-order chi connectivity index (χ0) is 17.3. The maximum absolute atomic E-state index is 12.4. The zero-order valence-corrected chi connectivity index (χ0v) is 15.1. The Morgan fingerprint density at radius 1 is 1.25 bits per heavy atom. The molecule has 126 valence electrons. The van der Waals surface area contributed by atoms with Crippen molar-refractivity contribution in [2.75, 3.05) is 7.05 Å². The van der Waals surface area contributed by atoms with Gasteiger partial charge in [-0.05, 0) is 56.5 Å². The summed E-state index contributed by atoms with van der Waals surface area (Å²) in [5, 5.41) is 0. The largest absolute Gasteiger partial charge is 0.483 e. The van der Waals surface area contributed by atoms with Gasteiger partial charge in [-0.25, -0.2) is 9.10 Å². The van der Waals surface area contributed by atoms with Gasteiger partial charge in [0.2, 0.25) is 0 Å². The Labute approximate surface area is 146 Å². The number of aryl methyl sites for hydroxylation is 1. The highest BCUT2D eigenvalue weighted by molar-refractivity contribution is 7.97. The van der Waals surface area contributed by atoms with E-state index in [1.807, 2.05) is 57.2 Å². The normalized spacial score (nSPS) is 14.7. The summed E-state index contributed by atoms with van der Waals surface area (Å²) < 4.78 is 13.0. The SMILES string of the molecule is Cc1cccc(SN(C)C(=O)Oc2cccc3c2OC(C)(C)C3)c1. The summed E-state index contributed by atoms with van der Waals surface area (Å²) in [5.74, 6) is 1.14. The second kappa shape index (κ2) is 6.40. The van der Waals surface area contributed by atoms with E-state index >= 15 is 0 Å². The van der Waals surface area contributed by atoms with Gasteiger partial charge in [-0.1, -0.05) is 24.3 Å². The van der Waals surface area contributed by atoms with Crippen LogP contribution in [0.3, 0.4) is 0 Å². The molecule has 0 saturated carbocycles. The Hall–Kier alpha value is -2.14. The van der Waals surface area contributed by atoms with Crippen LogP contribution >= 0.6 is 11.9 Å². The molecular formula is C19H21NO3S. The number of benzene rings is 2. The summed E-state index contributed by atoms with van der Waals surface area (Å²) >= 11 is 1.34. The van der Waals surface area contributed by atoms with E-state index in [2.05, 4.69) is 0 Å². The van der Waals surface area contributed by atoms with E-state index in [4.69, 9.17) is 9.47 Å². The second-order valence-corrected chi connectivity index (χ2v) is 7.76. The van der Waals surface area contributed by atoms with Gasteiger partial charge in [-0.3, -0.25) is 0 Å². The van der Waals surface area contributed by atoms with Crippen molar-refractivity contribution >= 4 is 18.0 Å². The fourth-order valence-corrected chi connectivity index (χ4v) is 3.50. The predicted molar refractivity (Wildman–Crippen MR) is 95.7 cm³/mol. The van der Waals surface area contributed by atoms with Gasteiger partial charge < -0.3 is 9.47 Å². The highest BCUT2D eigenvalue weighted by Crippen LogP contribution is 2.42. The number of nitrogens with zero attached hydrogens (tertiary/aromatic N) is 1. The molecule has 0 unspecified atom stereocenters. The highest BCUT2D eigenvalue weighted by atomic mass is 32.2. The first-order valence-corrected chi connectivity index (χ1v) is 8.62. The maximum Gasteiger partial charge on any atom is 0.425 e. The molecule has 1 aliphatic rings. The number of carbonyl (C=O) groups is 1.